The van der Waals surface area contributed by atoms with Crippen LogP contribution in [0.25, 0.3) is 0 Å². The molecule has 0 fully saturated rings. The average molecular weight is 280 g/mol. The quantitative estimate of drug-likeness (QED) is 0.907. The van der Waals surface area contributed by atoms with Crippen molar-refractivity contribution in [2.45, 2.75) is 19.8 Å². The van der Waals surface area contributed by atoms with Gasteiger partial charge in [-0.2, -0.15) is 0 Å². The number of hydrogen-bond donors (Lipinski definition) is 1. The molecule has 0 bridgehead atoms. The van der Waals surface area contributed by atoms with Gasteiger partial charge in [0.1, 0.15) is 5.82 Å². The van der Waals surface area contributed by atoms with Gasteiger partial charge in [-0.25, -0.2) is 4.39 Å². The van der Waals surface area contributed by atoms with Gasteiger partial charge in [0.15, 0.2) is 0 Å². The molecular weight excluding hydrogens is 265 g/mol. The highest BCUT2D eigenvalue weighted by Crippen LogP contribution is 2.17. The predicted octanol–water partition coefficient (Wildman–Crippen LogP) is 3.65. The van der Waals surface area contributed by atoms with Crippen LogP contribution in [0.2, 0.25) is 5.02 Å². The van der Waals surface area contributed by atoms with Crippen molar-refractivity contribution in [2.75, 3.05) is 0 Å². The molecule has 0 spiro atoms. The van der Waals surface area contributed by atoms with Gasteiger partial charge in [0.25, 0.3) is 0 Å². The first-order valence-corrected chi connectivity index (χ1v) is 6.37. The van der Waals surface area contributed by atoms with E-state index in [0.29, 0.717) is 24.8 Å². The van der Waals surface area contributed by atoms with E-state index in [1.807, 2.05) is 24.3 Å². The smallest absolute Gasteiger partial charge is 0.123 e. The van der Waals surface area contributed by atoms with E-state index in [0.717, 1.165) is 16.7 Å². The number of hydrogen-bond acceptors (Lipinski definition) is 2. The van der Waals surface area contributed by atoms with Crippen LogP contribution in [0.3, 0.4) is 0 Å². The normalized spacial score (nSPS) is 10.7. The van der Waals surface area contributed by atoms with Gasteiger partial charge in [0, 0.05) is 11.6 Å². The second-order valence-electron chi connectivity index (χ2n) is 4.20. The van der Waals surface area contributed by atoms with Gasteiger partial charge >= 0.3 is 0 Å². The molecule has 0 radical (unpaired) electrons. The molecule has 0 aliphatic rings. The molecule has 2 rings (SSSR count). The van der Waals surface area contributed by atoms with Gasteiger partial charge in [-0.05, 0) is 34.9 Å². The zero-order valence-corrected chi connectivity index (χ0v) is 11.2. The largest absolute Gasteiger partial charge is 0.372 e. The number of nitrogens with two attached hydrogens (primary N) is 1. The van der Waals surface area contributed by atoms with E-state index in [1.54, 1.807) is 6.07 Å². The Labute approximate surface area is 117 Å². The van der Waals surface area contributed by atoms with E-state index in [9.17, 15) is 4.39 Å². The highest BCUT2D eigenvalue weighted by Gasteiger charge is 2.04. The Morgan fingerprint density at radius 1 is 1.00 bits per heavy atom. The Morgan fingerprint density at radius 3 is 2.47 bits per heavy atom. The van der Waals surface area contributed by atoms with Gasteiger partial charge in [0.05, 0.1) is 13.2 Å². The second kappa shape index (κ2) is 6.66. The lowest BCUT2D eigenvalue weighted by molar-refractivity contribution is 0.106. The molecule has 100 valence electrons. The van der Waals surface area contributed by atoms with Crippen molar-refractivity contribution >= 4 is 11.6 Å². The third kappa shape index (κ3) is 3.77. The molecule has 0 saturated carbocycles. The molecule has 0 saturated heterocycles. The highest BCUT2D eigenvalue weighted by atomic mass is 35.5. The van der Waals surface area contributed by atoms with Crippen molar-refractivity contribution in [3.8, 4) is 0 Å². The Morgan fingerprint density at radius 2 is 1.74 bits per heavy atom. The zero-order chi connectivity index (χ0) is 13.7. The van der Waals surface area contributed by atoms with Crippen molar-refractivity contribution < 1.29 is 9.13 Å². The molecule has 2 aromatic rings. The summed E-state index contributed by atoms with van der Waals surface area (Å²) >= 11 is 6.03. The summed E-state index contributed by atoms with van der Waals surface area (Å²) in [6, 6.07) is 12.0. The van der Waals surface area contributed by atoms with E-state index >= 15 is 0 Å². The number of halogens is 2. The topological polar surface area (TPSA) is 35.2 Å². The van der Waals surface area contributed by atoms with Crippen LogP contribution in [0.4, 0.5) is 4.39 Å². The lowest BCUT2D eigenvalue weighted by Crippen LogP contribution is -2.04. The van der Waals surface area contributed by atoms with Gasteiger partial charge < -0.3 is 10.5 Å². The SMILES string of the molecule is NCc1ccc(F)cc1COCc1ccccc1Cl. The highest BCUT2D eigenvalue weighted by molar-refractivity contribution is 6.31. The Bertz CT molecular complexity index is 560. The van der Waals surface area contributed by atoms with Crippen LogP contribution in [-0.4, -0.2) is 0 Å². The first-order chi connectivity index (χ1) is 9.20. The average Bonchev–Trinajstić information content (AvgIpc) is 2.41. The first kappa shape index (κ1) is 14.0. The van der Waals surface area contributed by atoms with Crippen LogP contribution in [0.1, 0.15) is 16.7 Å². The van der Waals surface area contributed by atoms with E-state index in [4.69, 9.17) is 22.1 Å². The summed E-state index contributed by atoms with van der Waals surface area (Å²) in [5.41, 5.74) is 8.18. The number of benzene rings is 2. The summed E-state index contributed by atoms with van der Waals surface area (Å²) in [6.45, 7) is 1.07. The Kier molecular flexibility index (Phi) is 4.91. The molecule has 4 heteroatoms. The van der Waals surface area contributed by atoms with Gasteiger partial charge in [-0.15, -0.1) is 0 Å². The van der Waals surface area contributed by atoms with Crippen LogP contribution in [0.15, 0.2) is 42.5 Å². The third-order valence-electron chi connectivity index (χ3n) is 2.86. The Balaban J connectivity index is 2.00. The molecule has 2 N–H and O–H groups in total. The fourth-order valence-corrected chi connectivity index (χ4v) is 2.00. The first-order valence-electron chi connectivity index (χ1n) is 5.99. The molecule has 19 heavy (non-hydrogen) atoms. The van der Waals surface area contributed by atoms with Gasteiger partial charge in [0.2, 0.25) is 0 Å². The molecule has 0 unspecified atom stereocenters. The minimum atomic E-state index is -0.284. The summed E-state index contributed by atoms with van der Waals surface area (Å²) < 4.78 is 18.8. The third-order valence-corrected chi connectivity index (χ3v) is 3.23. The van der Waals surface area contributed by atoms with Crippen molar-refractivity contribution in [3.63, 3.8) is 0 Å². The van der Waals surface area contributed by atoms with Crippen LogP contribution >= 0.6 is 11.6 Å². The summed E-state index contributed by atoms with van der Waals surface area (Å²) in [5.74, 6) is -0.284. The minimum Gasteiger partial charge on any atom is -0.372 e. The van der Waals surface area contributed by atoms with E-state index in [-0.39, 0.29) is 5.82 Å². The molecule has 2 nitrogen and oxygen atoms in total. The minimum absolute atomic E-state index is 0.284. The monoisotopic (exact) mass is 279 g/mol. The standard InChI is InChI=1S/C15H15ClFNO/c16-15-4-2-1-3-12(15)9-19-10-13-7-14(17)6-5-11(13)8-18/h1-7H,8-10,18H2. The van der Waals surface area contributed by atoms with Gasteiger partial charge in [-0.3, -0.25) is 0 Å². The molecular formula is C15H15ClFNO. The summed E-state index contributed by atoms with van der Waals surface area (Å²) in [6.07, 6.45) is 0. The fraction of sp³-hybridized carbons (Fsp3) is 0.200. The van der Waals surface area contributed by atoms with Crippen molar-refractivity contribution in [3.05, 3.63) is 70.0 Å². The van der Waals surface area contributed by atoms with Crippen LogP contribution < -0.4 is 5.73 Å². The maximum atomic E-state index is 13.2. The molecule has 0 atom stereocenters. The maximum Gasteiger partial charge on any atom is 0.123 e. The lowest BCUT2D eigenvalue weighted by atomic mass is 10.1. The van der Waals surface area contributed by atoms with Crippen molar-refractivity contribution in [1.82, 2.24) is 0 Å². The summed E-state index contributed by atoms with van der Waals surface area (Å²) in [5, 5.41) is 0.667. The molecule has 0 heterocycles. The lowest BCUT2D eigenvalue weighted by Gasteiger charge is -2.10. The van der Waals surface area contributed by atoms with Crippen molar-refractivity contribution in [1.29, 1.82) is 0 Å². The predicted molar refractivity (Wildman–Crippen MR) is 74.2 cm³/mol. The molecule has 0 aliphatic heterocycles. The summed E-state index contributed by atoms with van der Waals surface area (Å²) in [7, 11) is 0. The molecule has 2 aromatic carbocycles. The summed E-state index contributed by atoms with van der Waals surface area (Å²) in [4.78, 5) is 0. The number of ether oxygens (including phenoxy) is 1. The Hall–Kier alpha value is -1.42. The van der Waals surface area contributed by atoms with E-state index in [2.05, 4.69) is 0 Å². The maximum absolute atomic E-state index is 13.2. The van der Waals surface area contributed by atoms with Crippen molar-refractivity contribution in [2.24, 2.45) is 5.73 Å². The molecule has 0 aromatic heterocycles. The van der Waals surface area contributed by atoms with Crippen LogP contribution in [0.5, 0.6) is 0 Å². The molecule has 0 aliphatic carbocycles. The molecule has 0 amide bonds. The number of rotatable bonds is 5. The van der Waals surface area contributed by atoms with E-state index in [1.165, 1.54) is 12.1 Å². The zero-order valence-electron chi connectivity index (χ0n) is 10.4. The van der Waals surface area contributed by atoms with Crippen LogP contribution in [0, 0.1) is 5.82 Å². The second-order valence-corrected chi connectivity index (χ2v) is 4.61. The van der Waals surface area contributed by atoms with Gasteiger partial charge in [-0.1, -0.05) is 35.9 Å². The fourth-order valence-electron chi connectivity index (χ4n) is 1.81. The van der Waals surface area contributed by atoms with Crippen LogP contribution in [-0.2, 0) is 24.5 Å². The van der Waals surface area contributed by atoms with E-state index < -0.39 is 0 Å².